The smallest absolute Gasteiger partial charge is 0.263 e. The predicted octanol–water partition coefficient (Wildman–Crippen LogP) is 7.25. The lowest BCUT2D eigenvalue weighted by Crippen LogP contribution is -2.41. The van der Waals surface area contributed by atoms with Crippen molar-refractivity contribution in [1.82, 2.24) is 15.0 Å². The fraction of sp³-hybridized carbons (Fsp3) is 0.526. The van der Waals surface area contributed by atoms with Gasteiger partial charge in [-0.1, -0.05) is 75.7 Å². The first kappa shape index (κ1) is 34.9. The number of aliphatic imine (C=N–C) groups is 1. The van der Waals surface area contributed by atoms with E-state index in [0.717, 1.165) is 49.1 Å². The predicted molar refractivity (Wildman–Crippen MR) is 190 cm³/mol. The van der Waals surface area contributed by atoms with Gasteiger partial charge in [0.2, 0.25) is 5.91 Å². The van der Waals surface area contributed by atoms with Crippen molar-refractivity contribution in [2.75, 3.05) is 11.8 Å². The average Bonchev–Trinajstić information content (AvgIpc) is 3.44. The standard InChI is InChI=1S/C38H49N5O5S/c1-8-9-14-33-39-38(19-27-18-28(27)20-38)36(45)43(33)22-26-15-16-30(29(17-26)23-42(7)34(44)21-37(4,5)6)31-12-10-11-13-32(31)49(46,47)41-35-24(2)25(3)48-40-35/h10-13,15-17,27-28H,8-9,14,18-23H2,1-7H3,(H,40,41)/t27-,28?,38?/m1/s1. The lowest BCUT2D eigenvalue weighted by atomic mass is 9.91. The molecule has 6 rings (SSSR count). The summed E-state index contributed by atoms with van der Waals surface area (Å²) in [5, 5.41) is 3.91. The van der Waals surface area contributed by atoms with Crippen molar-refractivity contribution in [2.45, 2.75) is 110 Å². The number of aromatic nitrogens is 1. The van der Waals surface area contributed by atoms with Crippen LogP contribution in [0.1, 0.15) is 95.1 Å². The van der Waals surface area contributed by atoms with Gasteiger partial charge < -0.3 is 9.42 Å². The zero-order valence-corrected chi connectivity index (χ0v) is 30.6. The third-order valence-corrected chi connectivity index (χ3v) is 11.6. The van der Waals surface area contributed by atoms with Gasteiger partial charge in [-0.15, -0.1) is 0 Å². The second kappa shape index (κ2) is 13.0. The fourth-order valence-corrected chi connectivity index (χ4v) is 8.59. The Morgan fingerprint density at radius 3 is 2.47 bits per heavy atom. The highest BCUT2D eigenvalue weighted by Crippen LogP contribution is 2.59. The molecule has 0 radical (unpaired) electrons. The zero-order valence-electron chi connectivity index (χ0n) is 29.8. The van der Waals surface area contributed by atoms with Crippen molar-refractivity contribution in [2.24, 2.45) is 22.2 Å². The number of fused-ring (bicyclic) bond motifs is 1. The highest BCUT2D eigenvalue weighted by Gasteiger charge is 2.61. The minimum atomic E-state index is -4.07. The molecule has 11 heteroatoms. The number of rotatable bonds is 12. The molecule has 1 aliphatic heterocycles. The van der Waals surface area contributed by atoms with Gasteiger partial charge in [0.25, 0.3) is 15.9 Å². The van der Waals surface area contributed by atoms with Gasteiger partial charge in [-0.25, -0.2) is 8.42 Å². The Balaban J connectivity index is 1.37. The number of benzene rings is 2. The number of unbranched alkanes of at least 4 members (excludes halogenated alkanes) is 1. The van der Waals surface area contributed by atoms with E-state index in [4.69, 9.17) is 9.52 Å². The molecule has 2 aromatic carbocycles. The molecule has 2 unspecified atom stereocenters. The summed E-state index contributed by atoms with van der Waals surface area (Å²) in [6.07, 6.45) is 6.01. The van der Waals surface area contributed by atoms with Gasteiger partial charge in [0, 0.05) is 37.6 Å². The van der Waals surface area contributed by atoms with E-state index in [2.05, 4.69) is 16.8 Å². The zero-order chi connectivity index (χ0) is 35.3. The van der Waals surface area contributed by atoms with Crippen LogP contribution < -0.4 is 4.72 Å². The molecule has 49 heavy (non-hydrogen) atoms. The van der Waals surface area contributed by atoms with Crippen molar-refractivity contribution < 1.29 is 22.5 Å². The second-order valence-corrected chi connectivity index (χ2v) is 17.2. The molecule has 1 N–H and O–H groups in total. The van der Waals surface area contributed by atoms with E-state index in [1.54, 1.807) is 50.1 Å². The summed E-state index contributed by atoms with van der Waals surface area (Å²) in [5.74, 6) is 2.89. The Labute approximate surface area is 290 Å². The average molecular weight is 688 g/mol. The number of hydrogen-bond acceptors (Lipinski definition) is 7. The first-order valence-electron chi connectivity index (χ1n) is 17.4. The number of nitrogens with one attached hydrogen (secondary N) is 1. The van der Waals surface area contributed by atoms with Crippen molar-refractivity contribution in [1.29, 1.82) is 0 Å². The van der Waals surface area contributed by atoms with Crippen LogP contribution in [-0.2, 0) is 32.7 Å². The summed E-state index contributed by atoms with van der Waals surface area (Å²) >= 11 is 0. The van der Waals surface area contributed by atoms with Gasteiger partial charge in [-0.3, -0.25) is 24.2 Å². The summed E-state index contributed by atoms with van der Waals surface area (Å²) in [6.45, 7) is 12.3. The number of anilines is 1. The van der Waals surface area contributed by atoms with Crippen molar-refractivity contribution in [3.8, 4) is 11.1 Å². The summed E-state index contributed by atoms with van der Waals surface area (Å²) in [4.78, 5) is 36.2. The Kier molecular flexibility index (Phi) is 9.28. The molecular weight excluding hydrogens is 639 g/mol. The first-order chi connectivity index (χ1) is 23.1. The Bertz CT molecular complexity index is 1900. The molecule has 1 aromatic heterocycles. The molecule has 3 aromatic rings. The number of sulfonamides is 1. The van der Waals surface area contributed by atoms with Crippen LogP contribution in [0, 0.1) is 31.1 Å². The van der Waals surface area contributed by atoms with Crippen LogP contribution in [0.3, 0.4) is 0 Å². The lowest BCUT2D eigenvalue weighted by Gasteiger charge is -2.26. The van der Waals surface area contributed by atoms with Crippen LogP contribution in [0.25, 0.3) is 11.1 Å². The van der Waals surface area contributed by atoms with E-state index >= 15 is 0 Å². The minimum Gasteiger partial charge on any atom is -0.359 e. The SMILES string of the molecule is CCCCC1=NC2(CC3C[C@@H]3C2)C(=O)N1Cc1ccc(-c2ccccc2S(=O)(=O)Nc2noc(C)c2C)c(CN(C)C(=O)CC(C)(C)C)c1. The highest BCUT2D eigenvalue weighted by molar-refractivity contribution is 7.92. The number of aryl methyl sites for hydroxylation is 1. The molecule has 2 saturated carbocycles. The van der Waals surface area contributed by atoms with Crippen LogP contribution in [0.15, 0.2) is 56.9 Å². The number of amides is 2. The molecule has 2 heterocycles. The summed E-state index contributed by atoms with van der Waals surface area (Å²) in [5.41, 5.74) is 2.68. The van der Waals surface area contributed by atoms with Gasteiger partial charge in [0.15, 0.2) is 5.82 Å². The molecule has 1 spiro atoms. The molecular formula is C38H49N5O5S. The normalized spacial score (nSPS) is 21.7. The Hall–Kier alpha value is -3.99. The molecule has 262 valence electrons. The van der Waals surface area contributed by atoms with E-state index in [0.29, 0.717) is 47.3 Å². The third-order valence-electron chi connectivity index (χ3n) is 10.2. The maximum atomic E-state index is 14.1. The quantitative estimate of drug-likeness (QED) is 0.214. The molecule has 2 amide bonds. The van der Waals surface area contributed by atoms with E-state index in [-0.39, 0.29) is 34.5 Å². The number of hydrogen-bond donors (Lipinski definition) is 1. The van der Waals surface area contributed by atoms with Crippen LogP contribution in [0.5, 0.6) is 0 Å². The van der Waals surface area contributed by atoms with Crippen molar-refractivity contribution in [3.63, 3.8) is 0 Å². The van der Waals surface area contributed by atoms with Crippen molar-refractivity contribution >= 4 is 33.5 Å². The van der Waals surface area contributed by atoms with E-state index in [9.17, 15) is 18.0 Å². The number of carbonyl (C=O) groups excluding carboxylic acids is 2. The van der Waals surface area contributed by atoms with E-state index in [1.165, 1.54) is 6.42 Å². The maximum Gasteiger partial charge on any atom is 0.263 e. The largest absolute Gasteiger partial charge is 0.359 e. The highest BCUT2D eigenvalue weighted by atomic mass is 32.2. The van der Waals surface area contributed by atoms with Gasteiger partial charge in [0.05, 0.1) is 11.4 Å². The monoisotopic (exact) mass is 687 g/mol. The summed E-state index contributed by atoms with van der Waals surface area (Å²) in [6, 6.07) is 12.7. The molecule has 3 aliphatic rings. The summed E-state index contributed by atoms with van der Waals surface area (Å²) in [7, 11) is -2.30. The lowest BCUT2D eigenvalue weighted by molar-refractivity contribution is -0.132. The van der Waals surface area contributed by atoms with Gasteiger partial charge in [-0.2, -0.15) is 0 Å². The molecule has 10 nitrogen and oxygen atoms in total. The minimum absolute atomic E-state index is 0.00579. The Morgan fingerprint density at radius 1 is 1.10 bits per heavy atom. The van der Waals surface area contributed by atoms with Gasteiger partial charge in [-0.05, 0) is 79.5 Å². The second-order valence-electron chi connectivity index (χ2n) is 15.5. The first-order valence-corrected chi connectivity index (χ1v) is 18.9. The number of carbonyl (C=O) groups is 2. The van der Waals surface area contributed by atoms with Gasteiger partial charge in [0.1, 0.15) is 17.1 Å². The Morgan fingerprint density at radius 2 is 1.82 bits per heavy atom. The molecule has 0 saturated heterocycles. The topological polar surface area (TPSA) is 125 Å². The number of nitrogens with zero attached hydrogens (tertiary/aromatic N) is 4. The fourth-order valence-electron chi connectivity index (χ4n) is 7.31. The van der Waals surface area contributed by atoms with Crippen LogP contribution in [-0.4, -0.2) is 53.6 Å². The molecule has 2 fully saturated rings. The van der Waals surface area contributed by atoms with E-state index < -0.39 is 15.6 Å². The summed E-state index contributed by atoms with van der Waals surface area (Å²) < 4.78 is 35.5. The molecule has 2 aliphatic carbocycles. The molecule has 0 bridgehead atoms. The third kappa shape index (κ3) is 7.18. The van der Waals surface area contributed by atoms with E-state index in [1.807, 2.05) is 43.9 Å². The number of amidine groups is 1. The van der Waals surface area contributed by atoms with Crippen LogP contribution >= 0.6 is 0 Å². The maximum absolute atomic E-state index is 14.1. The van der Waals surface area contributed by atoms with Crippen LogP contribution in [0.2, 0.25) is 0 Å². The van der Waals surface area contributed by atoms with Crippen LogP contribution in [0.4, 0.5) is 5.82 Å². The van der Waals surface area contributed by atoms with Gasteiger partial charge >= 0.3 is 0 Å². The van der Waals surface area contributed by atoms with Crippen molar-refractivity contribution in [3.05, 3.63) is 64.9 Å². The molecule has 3 atom stereocenters.